The molecule has 2 aromatic carbocycles. The van der Waals surface area contributed by atoms with Gasteiger partial charge in [0.1, 0.15) is 6.04 Å². The minimum Gasteiger partial charge on any atom is -0.354 e. The van der Waals surface area contributed by atoms with E-state index in [0.29, 0.717) is 5.56 Å². The van der Waals surface area contributed by atoms with Gasteiger partial charge >= 0.3 is 0 Å². The van der Waals surface area contributed by atoms with Crippen molar-refractivity contribution < 1.29 is 0 Å². The zero-order valence-corrected chi connectivity index (χ0v) is 20.0. The van der Waals surface area contributed by atoms with Gasteiger partial charge < -0.3 is 9.88 Å². The van der Waals surface area contributed by atoms with Crippen molar-refractivity contribution in [3.63, 3.8) is 0 Å². The Kier molecular flexibility index (Phi) is 5.01. The van der Waals surface area contributed by atoms with Crippen LogP contribution < -0.4 is 10.5 Å². The molecule has 0 spiro atoms. The lowest BCUT2D eigenvalue weighted by Gasteiger charge is -2.34. The van der Waals surface area contributed by atoms with E-state index in [1.165, 1.54) is 18.4 Å². The maximum atomic E-state index is 13.6. The van der Waals surface area contributed by atoms with Gasteiger partial charge in [0.25, 0.3) is 5.56 Å². The molecular weight excluding hydrogens is 424 g/mol. The summed E-state index contributed by atoms with van der Waals surface area (Å²) in [6, 6.07) is 14.9. The standard InChI is InChI=1S/C27H30N6O/c1-16-12-17(2)21-15-22(27(34)28-23(21)13-16)25(26-29-30-31-33(26)20-9-5-6-10-20)32-18(3)14-19-8-4-7-11-24(19)32/h4,7-8,11-13,15,18,20,25H,5-6,9-10,14H2,1-3H3,(H,28,34)/t18-,25+/m0/s1. The first-order valence-corrected chi connectivity index (χ1v) is 12.3. The second kappa shape index (κ2) is 8.08. The number of benzene rings is 2. The molecule has 1 aliphatic heterocycles. The smallest absolute Gasteiger partial charge is 0.254 e. The van der Waals surface area contributed by atoms with Crippen LogP contribution in [0.1, 0.15) is 72.8 Å². The van der Waals surface area contributed by atoms with Crippen molar-refractivity contribution >= 4 is 16.6 Å². The van der Waals surface area contributed by atoms with Gasteiger partial charge in [-0.1, -0.05) is 37.1 Å². The van der Waals surface area contributed by atoms with E-state index in [1.54, 1.807) is 0 Å². The first-order chi connectivity index (χ1) is 16.5. The number of rotatable bonds is 4. The fraction of sp³-hybridized carbons (Fsp3) is 0.407. The number of H-pyrrole nitrogens is 1. The Hall–Kier alpha value is -3.48. The van der Waals surface area contributed by atoms with Crippen LogP contribution in [0.25, 0.3) is 10.9 Å². The summed E-state index contributed by atoms with van der Waals surface area (Å²) in [5.41, 5.74) is 6.21. The van der Waals surface area contributed by atoms with E-state index in [1.807, 2.05) is 10.7 Å². The van der Waals surface area contributed by atoms with Crippen LogP contribution in [0, 0.1) is 13.8 Å². The first-order valence-electron chi connectivity index (χ1n) is 12.3. The molecule has 0 bridgehead atoms. The van der Waals surface area contributed by atoms with Crippen molar-refractivity contribution in [2.24, 2.45) is 0 Å². The van der Waals surface area contributed by atoms with Crippen molar-refractivity contribution in [3.8, 4) is 0 Å². The number of hydrogen-bond donors (Lipinski definition) is 1. The highest BCUT2D eigenvalue weighted by molar-refractivity contribution is 5.83. The largest absolute Gasteiger partial charge is 0.354 e. The molecule has 4 aromatic rings. The predicted octanol–water partition coefficient (Wildman–Crippen LogP) is 4.79. The Labute approximate surface area is 198 Å². The Morgan fingerprint density at radius 3 is 2.71 bits per heavy atom. The predicted molar refractivity (Wildman–Crippen MR) is 133 cm³/mol. The van der Waals surface area contributed by atoms with E-state index >= 15 is 0 Å². The molecule has 0 radical (unpaired) electrons. The highest BCUT2D eigenvalue weighted by Crippen LogP contribution is 2.42. The number of tetrazole rings is 1. The number of aryl methyl sites for hydroxylation is 2. The number of hydrogen-bond acceptors (Lipinski definition) is 5. The third-order valence-corrected chi connectivity index (χ3v) is 7.61. The molecule has 1 saturated carbocycles. The summed E-state index contributed by atoms with van der Waals surface area (Å²) in [5.74, 6) is 0.755. The average Bonchev–Trinajstić information content (AvgIpc) is 3.55. The van der Waals surface area contributed by atoms with Crippen LogP contribution in [0.15, 0.2) is 47.3 Å². The van der Waals surface area contributed by atoms with Gasteiger partial charge in [0.15, 0.2) is 5.82 Å². The van der Waals surface area contributed by atoms with Gasteiger partial charge in [0.05, 0.1) is 6.04 Å². The number of aromatic nitrogens is 5. The Morgan fingerprint density at radius 2 is 1.88 bits per heavy atom. The Balaban J connectivity index is 1.60. The molecule has 174 valence electrons. The van der Waals surface area contributed by atoms with Crippen LogP contribution in [0.4, 0.5) is 5.69 Å². The van der Waals surface area contributed by atoms with E-state index in [4.69, 9.17) is 0 Å². The summed E-state index contributed by atoms with van der Waals surface area (Å²) in [6.45, 7) is 6.38. The molecule has 2 aliphatic rings. The molecule has 1 fully saturated rings. The van der Waals surface area contributed by atoms with Crippen LogP contribution in [0.3, 0.4) is 0 Å². The Bertz CT molecular complexity index is 1430. The molecular formula is C27H30N6O. The molecule has 1 N–H and O–H groups in total. The summed E-state index contributed by atoms with van der Waals surface area (Å²) >= 11 is 0. The Morgan fingerprint density at radius 1 is 1.09 bits per heavy atom. The third kappa shape index (κ3) is 3.33. The van der Waals surface area contributed by atoms with Crippen LogP contribution >= 0.6 is 0 Å². The van der Waals surface area contributed by atoms with E-state index in [0.717, 1.165) is 52.8 Å². The molecule has 3 heterocycles. The van der Waals surface area contributed by atoms with E-state index < -0.39 is 0 Å². The summed E-state index contributed by atoms with van der Waals surface area (Å²) in [4.78, 5) is 19.2. The molecule has 0 unspecified atom stereocenters. The van der Waals surface area contributed by atoms with Crippen molar-refractivity contribution in [2.75, 3.05) is 4.90 Å². The topological polar surface area (TPSA) is 79.7 Å². The maximum absolute atomic E-state index is 13.6. The van der Waals surface area contributed by atoms with Crippen LogP contribution in [0.2, 0.25) is 0 Å². The molecule has 34 heavy (non-hydrogen) atoms. The fourth-order valence-electron chi connectivity index (χ4n) is 6.08. The monoisotopic (exact) mass is 454 g/mol. The molecule has 1 aliphatic carbocycles. The minimum atomic E-state index is -0.372. The summed E-state index contributed by atoms with van der Waals surface area (Å²) in [6.07, 6.45) is 5.45. The summed E-state index contributed by atoms with van der Waals surface area (Å²) in [5, 5.41) is 14.2. The van der Waals surface area contributed by atoms with Crippen LogP contribution in [-0.4, -0.2) is 31.2 Å². The lowest BCUT2D eigenvalue weighted by Crippen LogP contribution is -2.39. The molecule has 2 atom stereocenters. The van der Waals surface area contributed by atoms with Gasteiger partial charge in [-0.2, -0.15) is 0 Å². The number of nitrogens with zero attached hydrogens (tertiary/aromatic N) is 5. The number of nitrogens with one attached hydrogen (secondary N) is 1. The number of aromatic amines is 1. The van der Waals surface area contributed by atoms with E-state index in [2.05, 4.69) is 82.6 Å². The quantitative estimate of drug-likeness (QED) is 0.480. The van der Waals surface area contributed by atoms with Gasteiger partial charge in [-0.25, -0.2) is 4.68 Å². The minimum absolute atomic E-state index is 0.0833. The van der Waals surface area contributed by atoms with Gasteiger partial charge in [-0.05, 0) is 85.3 Å². The van der Waals surface area contributed by atoms with E-state index in [-0.39, 0.29) is 23.7 Å². The third-order valence-electron chi connectivity index (χ3n) is 7.61. The number of pyridine rings is 1. The molecule has 7 nitrogen and oxygen atoms in total. The number of para-hydroxylation sites is 1. The van der Waals surface area contributed by atoms with Crippen LogP contribution in [0.5, 0.6) is 0 Å². The second-order valence-corrected chi connectivity index (χ2v) is 10.0. The molecule has 0 saturated heterocycles. The van der Waals surface area contributed by atoms with Gasteiger partial charge in [0.2, 0.25) is 0 Å². The highest BCUT2D eigenvalue weighted by Gasteiger charge is 2.39. The highest BCUT2D eigenvalue weighted by atomic mass is 16.1. The van der Waals surface area contributed by atoms with Gasteiger partial charge in [-0.15, -0.1) is 5.10 Å². The lowest BCUT2D eigenvalue weighted by molar-refractivity contribution is 0.423. The maximum Gasteiger partial charge on any atom is 0.254 e. The molecule has 2 aromatic heterocycles. The normalized spacial score (nSPS) is 19.1. The summed E-state index contributed by atoms with van der Waals surface area (Å²) < 4.78 is 2.00. The SMILES string of the molecule is Cc1cc(C)c2cc([C@H](c3nnnn3C3CCCC3)N3c4ccccc4C[C@@H]3C)c(=O)[nH]c2c1. The van der Waals surface area contributed by atoms with Gasteiger partial charge in [0, 0.05) is 28.2 Å². The zero-order valence-electron chi connectivity index (χ0n) is 20.0. The zero-order chi connectivity index (χ0) is 23.4. The number of fused-ring (bicyclic) bond motifs is 2. The van der Waals surface area contributed by atoms with Crippen molar-refractivity contribution in [1.29, 1.82) is 0 Å². The average molecular weight is 455 g/mol. The van der Waals surface area contributed by atoms with Gasteiger partial charge in [-0.3, -0.25) is 4.79 Å². The first kappa shape index (κ1) is 21.1. The fourth-order valence-corrected chi connectivity index (χ4v) is 6.08. The van der Waals surface area contributed by atoms with E-state index in [9.17, 15) is 4.79 Å². The molecule has 7 heteroatoms. The molecule has 6 rings (SSSR count). The van der Waals surface area contributed by atoms with Crippen LogP contribution in [-0.2, 0) is 6.42 Å². The molecule has 0 amide bonds. The second-order valence-electron chi connectivity index (χ2n) is 10.0. The van der Waals surface area contributed by atoms with Crippen molar-refractivity contribution in [2.45, 2.75) is 71.0 Å². The lowest BCUT2D eigenvalue weighted by atomic mass is 9.99. The summed E-state index contributed by atoms with van der Waals surface area (Å²) in [7, 11) is 0. The van der Waals surface area contributed by atoms with Crippen molar-refractivity contribution in [1.82, 2.24) is 25.2 Å². The number of anilines is 1. The van der Waals surface area contributed by atoms with Crippen molar-refractivity contribution in [3.05, 3.63) is 80.9 Å².